The van der Waals surface area contributed by atoms with E-state index in [4.69, 9.17) is 9.47 Å². The zero-order chi connectivity index (χ0) is 25.9. The van der Waals surface area contributed by atoms with Crippen LogP contribution in [0.15, 0.2) is 18.2 Å². The second-order valence-corrected chi connectivity index (χ2v) is 11.6. The maximum Gasteiger partial charge on any atom is 0.410 e. The van der Waals surface area contributed by atoms with Crippen molar-refractivity contribution in [1.29, 1.82) is 0 Å². The van der Waals surface area contributed by atoms with Gasteiger partial charge in [-0.25, -0.2) is 31.8 Å². The Kier molecular flexibility index (Phi) is 8.12. The highest BCUT2D eigenvalue weighted by Crippen LogP contribution is 2.37. The molecule has 0 aromatic heterocycles. The van der Waals surface area contributed by atoms with E-state index in [0.29, 0.717) is 19.6 Å². The maximum absolute atomic E-state index is 14.2. The van der Waals surface area contributed by atoms with Gasteiger partial charge in [-0.2, -0.15) is 0 Å². The van der Waals surface area contributed by atoms with E-state index in [1.165, 1.54) is 27.4 Å². The van der Waals surface area contributed by atoms with Gasteiger partial charge in [0.15, 0.2) is 0 Å². The summed E-state index contributed by atoms with van der Waals surface area (Å²) in [5.41, 5.74) is 0.120. The van der Waals surface area contributed by atoms with Crippen LogP contribution in [0.5, 0.6) is 0 Å². The number of nitrogens with one attached hydrogen (secondary N) is 1. The normalized spacial score (nSPS) is 23.4. The third-order valence-corrected chi connectivity index (χ3v) is 9.50. The van der Waals surface area contributed by atoms with E-state index >= 15 is 0 Å². The number of halogens is 2. The Labute approximate surface area is 208 Å². The molecular weight excluding hydrogens is 500 g/mol. The fourth-order valence-corrected chi connectivity index (χ4v) is 7.33. The lowest BCUT2D eigenvalue weighted by molar-refractivity contribution is -0.141. The molecule has 3 aliphatic heterocycles. The van der Waals surface area contributed by atoms with Crippen LogP contribution in [0.2, 0.25) is 0 Å². The molecule has 3 aliphatic rings. The number of hydroxylamine groups is 1. The van der Waals surface area contributed by atoms with Crippen molar-refractivity contribution >= 4 is 22.0 Å². The number of carbonyl (C=O) groups is 2. The molecule has 200 valence electrons. The first-order chi connectivity index (χ1) is 17.1. The zero-order valence-corrected chi connectivity index (χ0v) is 20.6. The van der Waals surface area contributed by atoms with Crippen LogP contribution in [0.4, 0.5) is 13.6 Å². The van der Waals surface area contributed by atoms with Crippen LogP contribution in [0.25, 0.3) is 0 Å². The molecule has 10 nitrogen and oxygen atoms in total. The number of ether oxygens (including phenoxy) is 2. The van der Waals surface area contributed by atoms with Crippen LogP contribution in [0.3, 0.4) is 0 Å². The van der Waals surface area contributed by atoms with E-state index in [0.717, 1.165) is 0 Å². The molecule has 0 saturated carbocycles. The van der Waals surface area contributed by atoms with E-state index < -0.39 is 50.7 Å². The third-order valence-electron chi connectivity index (χ3n) is 7.43. The van der Waals surface area contributed by atoms with Crippen molar-refractivity contribution in [2.24, 2.45) is 5.41 Å². The Hall–Kier alpha value is -2.35. The van der Waals surface area contributed by atoms with Gasteiger partial charge in [0, 0.05) is 38.2 Å². The van der Waals surface area contributed by atoms with Gasteiger partial charge in [-0.3, -0.25) is 10.0 Å². The van der Waals surface area contributed by atoms with Gasteiger partial charge < -0.3 is 14.4 Å². The van der Waals surface area contributed by atoms with E-state index in [9.17, 15) is 32.0 Å². The van der Waals surface area contributed by atoms with E-state index in [1.807, 2.05) is 0 Å². The molecule has 0 spiro atoms. The van der Waals surface area contributed by atoms with Gasteiger partial charge in [-0.1, -0.05) is 6.07 Å². The Morgan fingerprint density at radius 1 is 1.11 bits per heavy atom. The third kappa shape index (κ3) is 5.63. The predicted octanol–water partition coefficient (Wildman–Crippen LogP) is 1.99. The van der Waals surface area contributed by atoms with Crippen molar-refractivity contribution in [3.63, 3.8) is 0 Å². The lowest BCUT2D eigenvalue weighted by Crippen LogP contribution is -2.55. The van der Waals surface area contributed by atoms with Crippen LogP contribution in [0.1, 0.15) is 43.6 Å². The summed E-state index contributed by atoms with van der Waals surface area (Å²) in [7, 11) is -3.96. The molecule has 2 amide bonds. The standard InChI is InChI=1S/C23H31F2N3O7S/c24-18-2-1-3-19(25)20(18)16-4-9-28(10-5-16)36(32,33)15-23(21(29)26-31)7-11-27(12-8-23)22(30)35-17-6-13-34-14-17/h1-3,16-17,31H,4-15H2,(H,26,29). The van der Waals surface area contributed by atoms with Crippen LogP contribution in [-0.4, -0.2) is 86.1 Å². The number of rotatable bonds is 6. The Bertz CT molecular complexity index is 1050. The van der Waals surface area contributed by atoms with Crippen molar-refractivity contribution in [2.75, 3.05) is 45.1 Å². The summed E-state index contributed by atoms with van der Waals surface area (Å²) in [6, 6.07) is 3.65. The lowest BCUT2D eigenvalue weighted by atomic mass is 9.79. The van der Waals surface area contributed by atoms with Gasteiger partial charge in [0.2, 0.25) is 10.0 Å². The number of carbonyl (C=O) groups excluding carboxylic acids is 2. The number of nitrogens with zero attached hydrogens (tertiary/aromatic N) is 2. The summed E-state index contributed by atoms with van der Waals surface area (Å²) >= 11 is 0. The average Bonchev–Trinajstić information content (AvgIpc) is 3.37. The number of hydrogen-bond donors (Lipinski definition) is 2. The minimum absolute atomic E-state index is 0.0196. The largest absolute Gasteiger partial charge is 0.444 e. The summed E-state index contributed by atoms with van der Waals surface area (Å²) in [5.74, 6) is -3.13. The van der Waals surface area contributed by atoms with Gasteiger partial charge >= 0.3 is 6.09 Å². The molecule has 0 bridgehead atoms. The first kappa shape index (κ1) is 26.7. The summed E-state index contributed by atoms with van der Waals surface area (Å²) in [6.07, 6.45) is 0.244. The lowest BCUT2D eigenvalue weighted by Gasteiger charge is -2.41. The highest BCUT2D eigenvalue weighted by molar-refractivity contribution is 7.89. The molecule has 2 N–H and O–H groups in total. The molecule has 0 radical (unpaired) electrons. The van der Waals surface area contributed by atoms with Gasteiger partial charge in [0.05, 0.1) is 24.4 Å². The van der Waals surface area contributed by atoms with Crippen LogP contribution < -0.4 is 5.48 Å². The molecule has 1 unspecified atom stereocenters. The highest BCUT2D eigenvalue weighted by atomic mass is 32.2. The highest BCUT2D eigenvalue weighted by Gasteiger charge is 2.47. The number of hydrogen-bond acceptors (Lipinski definition) is 7. The monoisotopic (exact) mass is 531 g/mol. The quantitative estimate of drug-likeness (QED) is 0.425. The Balaban J connectivity index is 1.39. The summed E-state index contributed by atoms with van der Waals surface area (Å²) < 4.78 is 66.8. The zero-order valence-electron chi connectivity index (χ0n) is 19.8. The van der Waals surface area contributed by atoms with Crippen molar-refractivity contribution in [3.8, 4) is 0 Å². The number of sulfonamides is 1. The number of amides is 2. The van der Waals surface area contributed by atoms with Gasteiger partial charge in [0.1, 0.15) is 17.7 Å². The fourth-order valence-electron chi connectivity index (χ4n) is 5.26. The van der Waals surface area contributed by atoms with Gasteiger partial charge in [0.25, 0.3) is 5.91 Å². The maximum atomic E-state index is 14.2. The van der Waals surface area contributed by atoms with E-state index in [1.54, 1.807) is 5.48 Å². The van der Waals surface area contributed by atoms with Gasteiger partial charge in [-0.05, 0) is 43.7 Å². The minimum Gasteiger partial charge on any atom is -0.444 e. The van der Waals surface area contributed by atoms with E-state index in [2.05, 4.69) is 0 Å². The molecule has 0 aliphatic carbocycles. The van der Waals surface area contributed by atoms with Crippen molar-refractivity contribution in [3.05, 3.63) is 35.4 Å². The summed E-state index contributed by atoms with van der Waals surface area (Å²) in [5, 5.41) is 9.34. The molecule has 1 aromatic rings. The predicted molar refractivity (Wildman–Crippen MR) is 123 cm³/mol. The van der Waals surface area contributed by atoms with Crippen LogP contribution >= 0.6 is 0 Å². The second kappa shape index (κ2) is 11.0. The Morgan fingerprint density at radius 2 is 1.75 bits per heavy atom. The van der Waals surface area contributed by atoms with Crippen LogP contribution in [0, 0.1) is 17.0 Å². The average molecular weight is 532 g/mol. The second-order valence-electron chi connectivity index (χ2n) is 9.64. The van der Waals surface area contributed by atoms with Crippen molar-refractivity contribution < 1.29 is 41.5 Å². The van der Waals surface area contributed by atoms with Gasteiger partial charge in [-0.15, -0.1) is 0 Å². The number of piperidine rings is 2. The van der Waals surface area contributed by atoms with Crippen LogP contribution in [-0.2, 0) is 24.3 Å². The van der Waals surface area contributed by atoms with Crippen molar-refractivity contribution in [1.82, 2.24) is 14.7 Å². The fraction of sp³-hybridized carbons (Fsp3) is 0.652. The molecule has 3 fully saturated rings. The summed E-state index contributed by atoms with van der Waals surface area (Å²) in [4.78, 5) is 26.5. The molecule has 3 heterocycles. The number of likely N-dealkylation sites (tertiary alicyclic amines) is 1. The van der Waals surface area contributed by atoms with E-state index in [-0.39, 0.29) is 63.5 Å². The molecule has 1 atom stereocenters. The SMILES string of the molecule is O=C(OC1CCOC1)N1CCC(CS(=O)(=O)N2CCC(c3c(F)cccc3F)CC2)(C(=O)NO)CC1. The molecule has 4 rings (SSSR count). The molecule has 36 heavy (non-hydrogen) atoms. The molecule has 13 heteroatoms. The number of benzene rings is 1. The topological polar surface area (TPSA) is 125 Å². The molecular formula is C23H31F2N3O7S. The molecule has 1 aromatic carbocycles. The van der Waals surface area contributed by atoms with Crippen molar-refractivity contribution in [2.45, 2.75) is 44.1 Å². The smallest absolute Gasteiger partial charge is 0.410 e. The molecule has 3 saturated heterocycles. The first-order valence-corrected chi connectivity index (χ1v) is 13.7. The first-order valence-electron chi connectivity index (χ1n) is 12.0. The minimum atomic E-state index is -3.96. The summed E-state index contributed by atoms with van der Waals surface area (Å²) in [6.45, 7) is 1.13. The Morgan fingerprint density at radius 3 is 2.31 bits per heavy atom.